The molecule has 0 heterocycles. The van der Waals surface area contributed by atoms with Crippen LogP contribution in [0.25, 0.3) is 0 Å². The van der Waals surface area contributed by atoms with E-state index >= 15 is 0 Å². The number of amides is 2. The number of carbonyl (C=O) groups excluding carboxylic acids is 2. The van der Waals surface area contributed by atoms with Gasteiger partial charge in [0.1, 0.15) is 0 Å². The first-order chi connectivity index (χ1) is 14.4. The summed E-state index contributed by atoms with van der Waals surface area (Å²) in [5.41, 5.74) is 5.92. The van der Waals surface area contributed by atoms with Gasteiger partial charge in [-0.1, -0.05) is 61.0 Å². The summed E-state index contributed by atoms with van der Waals surface area (Å²) in [5.74, 6) is 0.0102. The number of nitrogens with one attached hydrogen (secondary N) is 1. The summed E-state index contributed by atoms with van der Waals surface area (Å²) in [7, 11) is 0. The summed E-state index contributed by atoms with van der Waals surface area (Å²) in [6.07, 6.45) is 0.723. The summed E-state index contributed by atoms with van der Waals surface area (Å²) in [6, 6.07) is 23.6. The lowest BCUT2D eigenvalue weighted by Crippen LogP contribution is -2.29. The highest BCUT2D eigenvalue weighted by molar-refractivity contribution is 5.94. The van der Waals surface area contributed by atoms with Crippen LogP contribution in [0.5, 0.6) is 0 Å². The number of aryl methyl sites for hydroxylation is 2. The largest absolute Gasteiger partial charge is 0.326 e. The maximum absolute atomic E-state index is 12.6. The van der Waals surface area contributed by atoms with Gasteiger partial charge in [0, 0.05) is 17.8 Å². The van der Waals surface area contributed by atoms with Gasteiger partial charge in [0.2, 0.25) is 11.8 Å². The van der Waals surface area contributed by atoms with Crippen molar-refractivity contribution in [3.05, 3.63) is 95.1 Å². The molecule has 3 rings (SSSR count). The van der Waals surface area contributed by atoms with E-state index in [0.717, 1.165) is 28.1 Å². The minimum atomic E-state index is -0.0606. The van der Waals surface area contributed by atoms with Gasteiger partial charge < -0.3 is 10.2 Å². The van der Waals surface area contributed by atoms with Crippen LogP contribution in [0.1, 0.15) is 35.6 Å². The van der Waals surface area contributed by atoms with Crippen LogP contribution in [-0.4, -0.2) is 11.8 Å². The maximum Gasteiger partial charge on any atom is 0.228 e. The molecule has 1 N–H and O–H groups in total. The molecule has 0 aromatic heterocycles. The molecule has 0 radical (unpaired) electrons. The first-order valence-electron chi connectivity index (χ1n) is 10.3. The van der Waals surface area contributed by atoms with Crippen molar-refractivity contribution < 1.29 is 9.59 Å². The molecule has 0 saturated carbocycles. The molecule has 0 unspecified atom stereocenters. The Morgan fingerprint density at radius 3 is 2.13 bits per heavy atom. The number of hydrogen-bond donors (Lipinski definition) is 1. The van der Waals surface area contributed by atoms with E-state index in [1.165, 1.54) is 5.56 Å². The van der Waals surface area contributed by atoms with Gasteiger partial charge in [0.15, 0.2) is 0 Å². The molecule has 0 saturated heterocycles. The third-order valence-electron chi connectivity index (χ3n) is 4.94. The molecule has 0 bridgehead atoms. The Morgan fingerprint density at radius 2 is 1.50 bits per heavy atom. The predicted molar refractivity (Wildman–Crippen MR) is 123 cm³/mol. The van der Waals surface area contributed by atoms with Crippen molar-refractivity contribution in [3.63, 3.8) is 0 Å². The molecular weight excluding hydrogens is 372 g/mol. The van der Waals surface area contributed by atoms with Gasteiger partial charge in [0.25, 0.3) is 0 Å². The fourth-order valence-corrected chi connectivity index (χ4v) is 3.41. The van der Waals surface area contributed by atoms with Gasteiger partial charge in [-0.3, -0.25) is 9.59 Å². The van der Waals surface area contributed by atoms with E-state index in [1.807, 2.05) is 87.5 Å². The Labute approximate surface area is 178 Å². The van der Waals surface area contributed by atoms with Gasteiger partial charge in [0.05, 0.1) is 13.0 Å². The topological polar surface area (TPSA) is 49.4 Å². The third-order valence-corrected chi connectivity index (χ3v) is 4.94. The predicted octanol–water partition coefficient (Wildman–Crippen LogP) is 5.43. The molecule has 2 amide bonds. The van der Waals surface area contributed by atoms with Crippen molar-refractivity contribution >= 4 is 23.2 Å². The summed E-state index contributed by atoms with van der Waals surface area (Å²) in [6.45, 7) is 6.44. The van der Waals surface area contributed by atoms with Crippen LogP contribution in [0.15, 0.2) is 72.8 Å². The standard InChI is InChI=1S/C26H28N2O2/c1-4-26(30)28(18-22-9-5-7-19(2)15-22)24-13-11-21(12-14-24)17-25(29)27-23-10-6-8-20(3)16-23/h5-16H,4,17-18H2,1-3H3,(H,27,29). The molecule has 4 nitrogen and oxygen atoms in total. The van der Waals surface area contributed by atoms with Crippen LogP contribution in [-0.2, 0) is 22.6 Å². The second-order valence-electron chi connectivity index (χ2n) is 7.58. The molecular formula is C26H28N2O2. The Bertz CT molecular complexity index is 1030. The lowest BCUT2D eigenvalue weighted by Gasteiger charge is -2.23. The zero-order valence-electron chi connectivity index (χ0n) is 17.8. The minimum Gasteiger partial charge on any atom is -0.326 e. The summed E-state index contributed by atoms with van der Waals surface area (Å²) < 4.78 is 0. The smallest absolute Gasteiger partial charge is 0.228 e. The number of carbonyl (C=O) groups is 2. The van der Waals surface area contributed by atoms with Gasteiger partial charge in [-0.2, -0.15) is 0 Å². The summed E-state index contributed by atoms with van der Waals surface area (Å²) >= 11 is 0. The van der Waals surface area contributed by atoms with Gasteiger partial charge >= 0.3 is 0 Å². The minimum absolute atomic E-state index is 0.0606. The Balaban J connectivity index is 1.69. The Morgan fingerprint density at radius 1 is 0.833 bits per heavy atom. The molecule has 0 aliphatic heterocycles. The van der Waals surface area contributed by atoms with E-state index in [9.17, 15) is 9.59 Å². The monoisotopic (exact) mass is 400 g/mol. The van der Waals surface area contributed by atoms with E-state index in [-0.39, 0.29) is 18.2 Å². The van der Waals surface area contributed by atoms with Crippen molar-refractivity contribution in [2.75, 3.05) is 10.2 Å². The van der Waals surface area contributed by atoms with Crippen LogP contribution in [0.3, 0.4) is 0 Å². The molecule has 0 fully saturated rings. The highest BCUT2D eigenvalue weighted by Crippen LogP contribution is 2.20. The molecule has 4 heteroatoms. The van der Waals surface area contributed by atoms with Crippen LogP contribution in [0.2, 0.25) is 0 Å². The number of nitrogens with zero attached hydrogens (tertiary/aromatic N) is 1. The summed E-state index contributed by atoms with van der Waals surface area (Å²) in [4.78, 5) is 26.7. The van der Waals surface area contributed by atoms with Gasteiger partial charge in [-0.15, -0.1) is 0 Å². The SMILES string of the molecule is CCC(=O)N(Cc1cccc(C)c1)c1ccc(CC(=O)Nc2cccc(C)c2)cc1. The average Bonchev–Trinajstić information content (AvgIpc) is 2.72. The fourth-order valence-electron chi connectivity index (χ4n) is 3.41. The molecule has 30 heavy (non-hydrogen) atoms. The number of hydrogen-bond acceptors (Lipinski definition) is 2. The molecule has 154 valence electrons. The highest BCUT2D eigenvalue weighted by atomic mass is 16.2. The van der Waals surface area contributed by atoms with E-state index in [0.29, 0.717) is 13.0 Å². The second-order valence-corrected chi connectivity index (χ2v) is 7.58. The lowest BCUT2D eigenvalue weighted by molar-refractivity contribution is -0.118. The molecule has 0 aliphatic carbocycles. The van der Waals surface area contributed by atoms with Crippen LogP contribution in [0, 0.1) is 13.8 Å². The van der Waals surface area contributed by atoms with E-state index < -0.39 is 0 Å². The quantitative estimate of drug-likeness (QED) is 0.575. The highest BCUT2D eigenvalue weighted by Gasteiger charge is 2.15. The second kappa shape index (κ2) is 9.88. The first-order valence-corrected chi connectivity index (χ1v) is 10.3. The molecule has 3 aromatic rings. The first kappa shape index (κ1) is 21.3. The van der Waals surface area contributed by atoms with Gasteiger partial charge in [-0.25, -0.2) is 0 Å². The van der Waals surface area contributed by atoms with Gasteiger partial charge in [-0.05, 0) is 54.8 Å². The van der Waals surface area contributed by atoms with Crippen molar-refractivity contribution in [1.82, 2.24) is 0 Å². The van der Waals surface area contributed by atoms with E-state index in [2.05, 4.69) is 11.4 Å². The van der Waals surface area contributed by atoms with Crippen molar-refractivity contribution in [2.45, 2.75) is 40.2 Å². The average molecular weight is 401 g/mol. The fraction of sp³-hybridized carbons (Fsp3) is 0.231. The van der Waals surface area contributed by atoms with Crippen molar-refractivity contribution in [2.24, 2.45) is 0 Å². The zero-order valence-corrected chi connectivity index (χ0v) is 17.8. The molecule has 0 aliphatic rings. The van der Waals surface area contributed by atoms with Crippen molar-refractivity contribution in [1.29, 1.82) is 0 Å². The maximum atomic E-state index is 12.6. The number of rotatable bonds is 7. The zero-order chi connectivity index (χ0) is 21.5. The normalized spacial score (nSPS) is 10.5. The van der Waals surface area contributed by atoms with Crippen molar-refractivity contribution in [3.8, 4) is 0 Å². The van der Waals surface area contributed by atoms with Crippen LogP contribution < -0.4 is 10.2 Å². The lowest BCUT2D eigenvalue weighted by atomic mass is 10.1. The van der Waals surface area contributed by atoms with E-state index in [1.54, 1.807) is 4.90 Å². The van der Waals surface area contributed by atoms with Crippen LogP contribution in [0.4, 0.5) is 11.4 Å². The molecule has 0 atom stereocenters. The Hall–Kier alpha value is -3.40. The summed E-state index contributed by atoms with van der Waals surface area (Å²) in [5, 5.41) is 2.93. The third kappa shape index (κ3) is 5.80. The van der Waals surface area contributed by atoms with Crippen LogP contribution >= 0.6 is 0 Å². The Kier molecular flexibility index (Phi) is 7.02. The number of anilines is 2. The molecule has 3 aromatic carbocycles. The van der Waals surface area contributed by atoms with E-state index in [4.69, 9.17) is 0 Å². The molecule has 0 spiro atoms. The number of benzene rings is 3.